The molecule has 4 rings (SSSR count). The second-order valence-corrected chi connectivity index (χ2v) is 7.02. The van der Waals surface area contributed by atoms with E-state index in [0.29, 0.717) is 5.54 Å². The lowest BCUT2D eigenvalue weighted by molar-refractivity contribution is -0.0974. The number of nitrogens with zero attached hydrogens (tertiary/aromatic N) is 2. The van der Waals surface area contributed by atoms with Gasteiger partial charge in [0.15, 0.2) is 0 Å². The van der Waals surface area contributed by atoms with Crippen LogP contribution < -0.4 is 0 Å². The van der Waals surface area contributed by atoms with Crippen LogP contribution in [0.1, 0.15) is 31.4 Å². The van der Waals surface area contributed by atoms with Crippen molar-refractivity contribution in [2.24, 2.45) is 5.92 Å². The molecule has 1 saturated carbocycles. The van der Waals surface area contributed by atoms with E-state index >= 15 is 0 Å². The number of hydrogen-bond donors (Lipinski definition) is 0. The van der Waals surface area contributed by atoms with Gasteiger partial charge in [0.1, 0.15) is 5.76 Å². The second kappa shape index (κ2) is 5.75. The molecule has 1 aliphatic carbocycles. The molecule has 4 nitrogen and oxygen atoms in total. The van der Waals surface area contributed by atoms with Crippen molar-refractivity contribution in [1.82, 2.24) is 9.80 Å². The summed E-state index contributed by atoms with van der Waals surface area (Å²) in [6.45, 7) is 7.57. The Morgan fingerprint density at radius 3 is 2.76 bits per heavy atom. The molecule has 2 saturated heterocycles. The van der Waals surface area contributed by atoms with Gasteiger partial charge in [-0.15, -0.1) is 0 Å². The van der Waals surface area contributed by atoms with Crippen molar-refractivity contribution in [3.05, 3.63) is 24.2 Å². The van der Waals surface area contributed by atoms with Gasteiger partial charge in [-0.3, -0.25) is 9.80 Å². The Morgan fingerprint density at radius 1 is 1.19 bits per heavy atom. The Bertz CT molecular complexity index is 447. The minimum Gasteiger partial charge on any atom is -0.468 e. The van der Waals surface area contributed by atoms with E-state index in [4.69, 9.17) is 9.15 Å². The van der Waals surface area contributed by atoms with Gasteiger partial charge >= 0.3 is 0 Å². The highest BCUT2D eigenvalue weighted by Crippen LogP contribution is 2.37. The maximum Gasteiger partial charge on any atom is 0.117 e. The fraction of sp³-hybridized carbons (Fsp3) is 0.765. The molecule has 21 heavy (non-hydrogen) atoms. The average molecular weight is 290 g/mol. The summed E-state index contributed by atoms with van der Waals surface area (Å²) in [7, 11) is 0. The van der Waals surface area contributed by atoms with Crippen LogP contribution in [0.3, 0.4) is 0 Å². The standard InChI is InChI=1S/C17H26N2O2/c1-2-16(21-10-1)13-18-7-5-17(6-8-18)14-20-11-9-19(17)12-15-3-4-15/h1-2,10,15H,3-9,11-14H2. The molecule has 0 aromatic carbocycles. The third-order valence-corrected chi connectivity index (χ3v) is 5.47. The first kappa shape index (κ1) is 13.8. The maximum absolute atomic E-state index is 5.86. The molecule has 0 amide bonds. The van der Waals surface area contributed by atoms with Crippen LogP contribution in [-0.2, 0) is 11.3 Å². The molecular formula is C17H26N2O2. The summed E-state index contributed by atoms with van der Waals surface area (Å²) in [6, 6.07) is 4.06. The molecule has 2 aliphatic heterocycles. The van der Waals surface area contributed by atoms with Crippen molar-refractivity contribution in [3.8, 4) is 0 Å². The molecule has 3 heterocycles. The molecule has 1 aromatic heterocycles. The van der Waals surface area contributed by atoms with Crippen LogP contribution >= 0.6 is 0 Å². The van der Waals surface area contributed by atoms with Crippen LogP contribution in [0.4, 0.5) is 0 Å². The average Bonchev–Trinajstić information content (AvgIpc) is 3.18. The zero-order chi connectivity index (χ0) is 14.1. The van der Waals surface area contributed by atoms with E-state index in [-0.39, 0.29) is 0 Å². The number of likely N-dealkylation sites (tertiary alicyclic amines) is 1. The molecular weight excluding hydrogens is 264 g/mol. The highest BCUT2D eigenvalue weighted by molar-refractivity contribution is 5.02. The fourth-order valence-electron chi connectivity index (χ4n) is 3.87. The first-order valence-electron chi connectivity index (χ1n) is 8.42. The molecule has 0 radical (unpaired) electrons. The summed E-state index contributed by atoms with van der Waals surface area (Å²) >= 11 is 0. The smallest absolute Gasteiger partial charge is 0.117 e. The van der Waals surface area contributed by atoms with E-state index in [1.54, 1.807) is 6.26 Å². The molecule has 3 aliphatic rings. The van der Waals surface area contributed by atoms with Crippen molar-refractivity contribution in [3.63, 3.8) is 0 Å². The first-order chi connectivity index (χ1) is 10.3. The minimum atomic E-state index is 0.320. The van der Waals surface area contributed by atoms with Gasteiger partial charge in [-0.05, 0) is 43.7 Å². The SMILES string of the molecule is c1coc(CN2CCC3(CC2)COCCN3CC2CC2)c1. The zero-order valence-electron chi connectivity index (χ0n) is 12.8. The van der Waals surface area contributed by atoms with Gasteiger partial charge in [0.25, 0.3) is 0 Å². The van der Waals surface area contributed by atoms with Gasteiger partial charge in [0, 0.05) is 31.7 Å². The van der Waals surface area contributed by atoms with Gasteiger partial charge < -0.3 is 9.15 Å². The lowest BCUT2D eigenvalue weighted by Crippen LogP contribution is -2.61. The lowest BCUT2D eigenvalue weighted by Gasteiger charge is -2.51. The van der Waals surface area contributed by atoms with Crippen molar-refractivity contribution >= 4 is 0 Å². The number of rotatable bonds is 4. The van der Waals surface area contributed by atoms with E-state index in [1.165, 1.54) is 32.2 Å². The lowest BCUT2D eigenvalue weighted by atomic mass is 9.85. The Balaban J connectivity index is 1.37. The summed E-state index contributed by atoms with van der Waals surface area (Å²) in [5.41, 5.74) is 0.320. The van der Waals surface area contributed by atoms with Crippen molar-refractivity contribution < 1.29 is 9.15 Å². The topological polar surface area (TPSA) is 28.9 Å². The molecule has 116 valence electrons. The van der Waals surface area contributed by atoms with Gasteiger partial charge in [0.2, 0.25) is 0 Å². The van der Waals surface area contributed by atoms with Gasteiger partial charge in [-0.25, -0.2) is 0 Å². The number of morpholine rings is 1. The number of ether oxygens (including phenoxy) is 1. The third kappa shape index (κ3) is 3.03. The Labute approximate surface area is 127 Å². The van der Waals surface area contributed by atoms with E-state index < -0.39 is 0 Å². The van der Waals surface area contributed by atoms with E-state index in [2.05, 4.69) is 15.9 Å². The summed E-state index contributed by atoms with van der Waals surface area (Å²) in [4.78, 5) is 5.28. The van der Waals surface area contributed by atoms with Crippen LogP contribution in [0.2, 0.25) is 0 Å². The number of hydrogen-bond acceptors (Lipinski definition) is 4. The molecule has 4 heteroatoms. The molecule has 0 bridgehead atoms. The van der Waals surface area contributed by atoms with Crippen molar-refractivity contribution in [2.75, 3.05) is 39.4 Å². The van der Waals surface area contributed by atoms with E-state index in [1.807, 2.05) is 6.07 Å². The maximum atomic E-state index is 5.86. The molecule has 0 atom stereocenters. The predicted octanol–water partition coefficient (Wildman–Crippen LogP) is 2.36. The van der Waals surface area contributed by atoms with Crippen LogP contribution in [-0.4, -0.2) is 54.7 Å². The monoisotopic (exact) mass is 290 g/mol. The van der Waals surface area contributed by atoms with Gasteiger partial charge in [-0.1, -0.05) is 0 Å². The molecule has 0 unspecified atom stereocenters. The Hall–Kier alpha value is -0.840. The summed E-state index contributed by atoms with van der Waals surface area (Å²) in [5, 5.41) is 0. The van der Waals surface area contributed by atoms with Gasteiger partial charge in [0.05, 0.1) is 26.0 Å². The highest BCUT2D eigenvalue weighted by Gasteiger charge is 2.43. The van der Waals surface area contributed by atoms with Crippen LogP contribution in [0.15, 0.2) is 22.8 Å². The molecule has 3 fully saturated rings. The largest absolute Gasteiger partial charge is 0.468 e. The Kier molecular flexibility index (Phi) is 3.78. The predicted molar refractivity (Wildman–Crippen MR) is 81.1 cm³/mol. The third-order valence-electron chi connectivity index (χ3n) is 5.47. The summed E-state index contributed by atoms with van der Waals surface area (Å²) in [5.74, 6) is 2.06. The minimum absolute atomic E-state index is 0.320. The normalized spacial score (nSPS) is 27.2. The molecule has 1 spiro atoms. The molecule has 0 N–H and O–H groups in total. The first-order valence-corrected chi connectivity index (χ1v) is 8.42. The van der Waals surface area contributed by atoms with E-state index in [0.717, 1.165) is 51.1 Å². The highest BCUT2D eigenvalue weighted by atomic mass is 16.5. The van der Waals surface area contributed by atoms with Crippen molar-refractivity contribution in [1.29, 1.82) is 0 Å². The summed E-state index contributed by atoms with van der Waals surface area (Å²) in [6.07, 6.45) is 7.13. The van der Waals surface area contributed by atoms with E-state index in [9.17, 15) is 0 Å². The summed E-state index contributed by atoms with van der Waals surface area (Å²) < 4.78 is 11.3. The fourth-order valence-corrected chi connectivity index (χ4v) is 3.87. The van der Waals surface area contributed by atoms with Crippen LogP contribution in [0.25, 0.3) is 0 Å². The zero-order valence-corrected chi connectivity index (χ0v) is 12.8. The number of furan rings is 1. The number of piperidine rings is 1. The van der Waals surface area contributed by atoms with Crippen LogP contribution in [0, 0.1) is 5.92 Å². The molecule has 1 aromatic rings. The van der Waals surface area contributed by atoms with Crippen molar-refractivity contribution in [2.45, 2.75) is 37.8 Å². The Morgan fingerprint density at radius 2 is 2.05 bits per heavy atom. The van der Waals surface area contributed by atoms with Gasteiger partial charge in [-0.2, -0.15) is 0 Å². The second-order valence-electron chi connectivity index (χ2n) is 7.02. The quantitative estimate of drug-likeness (QED) is 0.851. The van der Waals surface area contributed by atoms with Crippen LogP contribution in [0.5, 0.6) is 0 Å².